The molecule has 1 atom stereocenters. The molecule has 0 saturated heterocycles. The SMILES string of the molecule is COc1cnn(C)c1C(N)c1ccccc1SC. The first-order chi connectivity index (χ1) is 8.69. The summed E-state index contributed by atoms with van der Waals surface area (Å²) in [7, 11) is 3.51. The molecule has 0 bridgehead atoms. The van der Waals surface area contributed by atoms with Gasteiger partial charge in [0.1, 0.15) is 5.69 Å². The van der Waals surface area contributed by atoms with Crippen LogP contribution in [0.25, 0.3) is 0 Å². The van der Waals surface area contributed by atoms with Crippen molar-refractivity contribution in [2.45, 2.75) is 10.9 Å². The van der Waals surface area contributed by atoms with Crippen molar-refractivity contribution in [1.82, 2.24) is 9.78 Å². The monoisotopic (exact) mass is 263 g/mol. The second-order valence-corrected chi connectivity index (χ2v) is 4.79. The first-order valence-electron chi connectivity index (χ1n) is 5.63. The predicted molar refractivity (Wildman–Crippen MR) is 74.0 cm³/mol. The van der Waals surface area contributed by atoms with Gasteiger partial charge in [-0.15, -0.1) is 11.8 Å². The van der Waals surface area contributed by atoms with Crippen LogP contribution >= 0.6 is 11.8 Å². The summed E-state index contributed by atoms with van der Waals surface area (Å²) in [6.45, 7) is 0. The maximum Gasteiger partial charge on any atom is 0.161 e. The number of methoxy groups -OCH3 is 1. The van der Waals surface area contributed by atoms with Gasteiger partial charge in [0.15, 0.2) is 5.75 Å². The molecule has 5 heteroatoms. The third-order valence-corrected chi connectivity index (χ3v) is 3.75. The summed E-state index contributed by atoms with van der Waals surface area (Å²) in [6.07, 6.45) is 3.74. The van der Waals surface area contributed by atoms with Crippen LogP contribution in [0, 0.1) is 0 Å². The quantitative estimate of drug-likeness (QED) is 0.859. The Labute approximate surface area is 111 Å². The van der Waals surface area contributed by atoms with E-state index >= 15 is 0 Å². The van der Waals surface area contributed by atoms with E-state index in [1.807, 2.05) is 31.5 Å². The lowest BCUT2D eigenvalue weighted by atomic mass is 10.0. The Kier molecular flexibility index (Phi) is 3.93. The molecule has 0 radical (unpaired) electrons. The van der Waals surface area contributed by atoms with E-state index in [9.17, 15) is 0 Å². The Morgan fingerprint density at radius 1 is 1.39 bits per heavy atom. The number of thioether (sulfide) groups is 1. The van der Waals surface area contributed by atoms with Crippen molar-refractivity contribution in [2.75, 3.05) is 13.4 Å². The number of ether oxygens (including phenoxy) is 1. The number of nitrogens with two attached hydrogens (primary N) is 1. The Hall–Kier alpha value is -1.46. The third-order valence-electron chi connectivity index (χ3n) is 2.94. The number of hydrogen-bond acceptors (Lipinski definition) is 4. The lowest BCUT2D eigenvalue weighted by Gasteiger charge is -2.17. The molecule has 18 heavy (non-hydrogen) atoms. The van der Waals surface area contributed by atoms with Gasteiger partial charge in [0.05, 0.1) is 19.3 Å². The third kappa shape index (κ3) is 2.23. The van der Waals surface area contributed by atoms with Gasteiger partial charge in [-0.25, -0.2) is 0 Å². The summed E-state index contributed by atoms with van der Waals surface area (Å²) in [6, 6.07) is 7.89. The van der Waals surface area contributed by atoms with E-state index in [1.54, 1.807) is 29.8 Å². The average molecular weight is 263 g/mol. The molecular formula is C13H17N3OS. The summed E-state index contributed by atoms with van der Waals surface area (Å²) in [5.41, 5.74) is 8.34. The highest BCUT2D eigenvalue weighted by Crippen LogP contribution is 2.32. The van der Waals surface area contributed by atoms with E-state index in [-0.39, 0.29) is 6.04 Å². The van der Waals surface area contributed by atoms with Gasteiger partial charge in [-0.3, -0.25) is 4.68 Å². The number of aromatic nitrogens is 2. The highest BCUT2D eigenvalue weighted by molar-refractivity contribution is 7.98. The first kappa shape index (κ1) is 13.0. The molecule has 0 aliphatic heterocycles. The maximum atomic E-state index is 6.36. The molecule has 0 aliphatic carbocycles. The van der Waals surface area contributed by atoms with E-state index in [1.165, 1.54) is 4.90 Å². The van der Waals surface area contributed by atoms with Gasteiger partial charge in [0, 0.05) is 11.9 Å². The number of rotatable bonds is 4. The number of hydrogen-bond donors (Lipinski definition) is 1. The zero-order valence-electron chi connectivity index (χ0n) is 10.8. The van der Waals surface area contributed by atoms with Gasteiger partial charge < -0.3 is 10.5 Å². The number of nitrogens with zero attached hydrogens (tertiary/aromatic N) is 2. The molecule has 2 rings (SSSR count). The predicted octanol–water partition coefficient (Wildman–Crippen LogP) is 2.20. The Bertz CT molecular complexity index is 539. The average Bonchev–Trinajstić information content (AvgIpc) is 2.79. The molecule has 4 nitrogen and oxygen atoms in total. The summed E-state index contributed by atoms with van der Waals surface area (Å²) in [4.78, 5) is 1.17. The second-order valence-electron chi connectivity index (χ2n) is 3.94. The van der Waals surface area contributed by atoms with Crippen LogP contribution < -0.4 is 10.5 Å². The molecule has 1 aromatic carbocycles. The van der Waals surface area contributed by atoms with Crippen LogP contribution in [0.2, 0.25) is 0 Å². The Balaban J connectivity index is 2.47. The normalized spacial score (nSPS) is 12.4. The molecule has 0 amide bonds. The summed E-state index contributed by atoms with van der Waals surface area (Å²) >= 11 is 1.69. The fourth-order valence-electron chi connectivity index (χ4n) is 2.01. The molecule has 1 heterocycles. The smallest absolute Gasteiger partial charge is 0.161 e. The zero-order chi connectivity index (χ0) is 13.1. The van der Waals surface area contributed by atoms with Crippen LogP contribution in [-0.4, -0.2) is 23.1 Å². The van der Waals surface area contributed by atoms with Crippen LogP contribution in [0.1, 0.15) is 17.3 Å². The minimum absolute atomic E-state index is 0.240. The highest BCUT2D eigenvalue weighted by atomic mass is 32.2. The van der Waals surface area contributed by atoms with Crippen molar-refractivity contribution in [2.24, 2.45) is 12.8 Å². The maximum absolute atomic E-state index is 6.36. The van der Waals surface area contributed by atoms with E-state index in [4.69, 9.17) is 10.5 Å². The lowest BCUT2D eigenvalue weighted by molar-refractivity contribution is 0.405. The van der Waals surface area contributed by atoms with Crippen molar-refractivity contribution in [3.05, 3.63) is 41.7 Å². The first-order valence-corrected chi connectivity index (χ1v) is 6.86. The standard InChI is InChI=1S/C13H17N3OS/c1-16-13(10(17-2)8-15-16)12(14)9-6-4-5-7-11(9)18-3/h4-8,12H,14H2,1-3H3. The molecule has 0 spiro atoms. The highest BCUT2D eigenvalue weighted by Gasteiger charge is 2.20. The Morgan fingerprint density at radius 2 is 2.11 bits per heavy atom. The number of aryl methyl sites for hydroxylation is 1. The zero-order valence-corrected chi connectivity index (χ0v) is 11.6. The minimum Gasteiger partial charge on any atom is -0.493 e. The van der Waals surface area contributed by atoms with Crippen LogP contribution in [0.5, 0.6) is 5.75 Å². The van der Waals surface area contributed by atoms with Gasteiger partial charge >= 0.3 is 0 Å². The van der Waals surface area contributed by atoms with Crippen LogP contribution in [-0.2, 0) is 7.05 Å². The van der Waals surface area contributed by atoms with Crippen LogP contribution in [0.15, 0.2) is 35.4 Å². The minimum atomic E-state index is -0.240. The van der Waals surface area contributed by atoms with Gasteiger partial charge in [-0.2, -0.15) is 5.10 Å². The van der Waals surface area contributed by atoms with Crippen molar-refractivity contribution in [1.29, 1.82) is 0 Å². The van der Waals surface area contributed by atoms with Crippen LogP contribution in [0.4, 0.5) is 0 Å². The van der Waals surface area contributed by atoms with Gasteiger partial charge in [0.25, 0.3) is 0 Å². The molecule has 2 aromatic rings. The fraction of sp³-hybridized carbons (Fsp3) is 0.308. The van der Waals surface area contributed by atoms with Gasteiger partial charge in [0.2, 0.25) is 0 Å². The summed E-state index contributed by atoms with van der Waals surface area (Å²) < 4.78 is 7.08. The van der Waals surface area contributed by atoms with E-state index in [2.05, 4.69) is 11.2 Å². The van der Waals surface area contributed by atoms with E-state index in [0.717, 1.165) is 17.0 Å². The Morgan fingerprint density at radius 3 is 2.78 bits per heavy atom. The topological polar surface area (TPSA) is 53.1 Å². The molecule has 1 unspecified atom stereocenters. The van der Waals surface area contributed by atoms with E-state index < -0.39 is 0 Å². The summed E-state index contributed by atoms with van der Waals surface area (Å²) in [5.74, 6) is 0.723. The molecule has 1 aromatic heterocycles. The van der Waals surface area contributed by atoms with Crippen molar-refractivity contribution in [3.63, 3.8) is 0 Å². The van der Waals surface area contributed by atoms with Gasteiger partial charge in [-0.1, -0.05) is 18.2 Å². The molecular weight excluding hydrogens is 246 g/mol. The fourth-order valence-corrected chi connectivity index (χ4v) is 2.65. The summed E-state index contributed by atoms with van der Waals surface area (Å²) in [5, 5.41) is 4.19. The largest absolute Gasteiger partial charge is 0.493 e. The van der Waals surface area contributed by atoms with E-state index in [0.29, 0.717) is 0 Å². The molecule has 0 fully saturated rings. The van der Waals surface area contributed by atoms with Gasteiger partial charge in [-0.05, 0) is 17.9 Å². The number of benzene rings is 1. The van der Waals surface area contributed by atoms with Crippen LogP contribution in [0.3, 0.4) is 0 Å². The molecule has 2 N–H and O–H groups in total. The lowest BCUT2D eigenvalue weighted by Crippen LogP contribution is -2.17. The molecule has 96 valence electrons. The van der Waals surface area contributed by atoms with Crippen molar-refractivity contribution in [3.8, 4) is 5.75 Å². The molecule has 0 saturated carbocycles. The molecule has 0 aliphatic rings. The second kappa shape index (κ2) is 5.46. The van der Waals surface area contributed by atoms with Crippen molar-refractivity contribution < 1.29 is 4.74 Å². The van der Waals surface area contributed by atoms with Crippen molar-refractivity contribution >= 4 is 11.8 Å².